The van der Waals surface area contributed by atoms with E-state index in [9.17, 15) is 4.79 Å². The van der Waals surface area contributed by atoms with E-state index in [0.717, 1.165) is 5.39 Å². The number of hydrogen-bond donors (Lipinski definition) is 2. The standard InChI is InChI=1S/C28H26N8O6/c1-38-22-7-19-20(8-23(22)39-2)30-6-5-21(19)42-18-3-4-25(31-11-18)34-27(37)26-24(41-15-16-13-40-14-16)12-36(35-26)17-9-32-28(29)33-10-17/h3-12,16H,13-15H2,1-2H3,(H2,29,32,33)(H,31,34,37). The molecular weight excluding hydrogens is 544 g/mol. The van der Waals surface area contributed by atoms with Crippen LogP contribution in [-0.4, -0.2) is 69.7 Å². The molecule has 0 radical (unpaired) electrons. The van der Waals surface area contributed by atoms with Gasteiger partial charge in [0.15, 0.2) is 22.9 Å². The van der Waals surface area contributed by atoms with Gasteiger partial charge >= 0.3 is 0 Å². The molecule has 1 aromatic carbocycles. The number of hydrogen-bond acceptors (Lipinski definition) is 12. The van der Waals surface area contributed by atoms with Crippen molar-refractivity contribution in [2.45, 2.75) is 0 Å². The zero-order valence-corrected chi connectivity index (χ0v) is 22.7. The third kappa shape index (κ3) is 5.55. The molecule has 1 saturated heterocycles. The van der Waals surface area contributed by atoms with Crippen LogP contribution in [0.2, 0.25) is 0 Å². The SMILES string of the molecule is COc1cc2nccc(Oc3ccc(NC(=O)c4nn(-c5cnc(N)nc5)cc4OCC4COC4)nc3)c2cc1OC. The van der Waals surface area contributed by atoms with Crippen LogP contribution in [0, 0.1) is 5.92 Å². The normalized spacial score (nSPS) is 12.9. The van der Waals surface area contributed by atoms with E-state index in [1.54, 1.807) is 56.9 Å². The summed E-state index contributed by atoms with van der Waals surface area (Å²) in [7, 11) is 3.13. The number of nitrogens with zero attached hydrogens (tertiary/aromatic N) is 6. The molecule has 14 nitrogen and oxygen atoms in total. The number of carbonyl (C=O) groups excluding carboxylic acids is 1. The maximum Gasteiger partial charge on any atom is 0.281 e. The molecule has 0 saturated carbocycles. The summed E-state index contributed by atoms with van der Waals surface area (Å²) in [6.45, 7) is 1.60. The molecule has 1 aliphatic rings. The number of rotatable bonds is 10. The van der Waals surface area contributed by atoms with E-state index in [2.05, 4.69) is 30.4 Å². The number of benzene rings is 1. The largest absolute Gasteiger partial charge is 0.493 e. The maximum atomic E-state index is 13.3. The van der Waals surface area contributed by atoms with Gasteiger partial charge in [-0.3, -0.25) is 9.78 Å². The van der Waals surface area contributed by atoms with Crippen molar-refractivity contribution in [2.24, 2.45) is 5.92 Å². The Bertz CT molecular complexity index is 1720. The minimum Gasteiger partial charge on any atom is -0.493 e. The molecule has 0 bridgehead atoms. The number of pyridine rings is 2. The van der Waals surface area contributed by atoms with Crippen molar-refractivity contribution in [2.75, 3.05) is 45.1 Å². The molecular formula is C28H26N8O6. The highest BCUT2D eigenvalue weighted by atomic mass is 16.5. The highest BCUT2D eigenvalue weighted by Crippen LogP contribution is 2.37. The highest BCUT2D eigenvalue weighted by Gasteiger charge is 2.24. The number of aromatic nitrogens is 6. The van der Waals surface area contributed by atoms with Gasteiger partial charge in [0.05, 0.1) is 64.3 Å². The fraction of sp³-hybridized carbons (Fsp3) is 0.214. The lowest BCUT2D eigenvalue weighted by Gasteiger charge is -2.25. The van der Waals surface area contributed by atoms with Gasteiger partial charge in [-0.15, -0.1) is 0 Å². The number of fused-ring (bicyclic) bond motifs is 1. The number of carbonyl (C=O) groups is 1. The number of nitrogens with one attached hydrogen (secondary N) is 1. The minimum absolute atomic E-state index is 0.0711. The molecule has 14 heteroatoms. The van der Waals surface area contributed by atoms with Crippen LogP contribution < -0.4 is 30.0 Å². The number of nitrogens with two attached hydrogens (primary N) is 1. The summed E-state index contributed by atoms with van der Waals surface area (Å²) in [6, 6.07) is 8.62. The Morgan fingerprint density at radius 1 is 1.00 bits per heavy atom. The van der Waals surface area contributed by atoms with E-state index in [1.165, 1.54) is 23.3 Å². The van der Waals surface area contributed by atoms with Gasteiger partial charge in [0.1, 0.15) is 23.0 Å². The van der Waals surface area contributed by atoms with Gasteiger partial charge in [-0.25, -0.2) is 19.6 Å². The zero-order chi connectivity index (χ0) is 29.1. The first-order valence-corrected chi connectivity index (χ1v) is 12.8. The van der Waals surface area contributed by atoms with Gasteiger partial charge < -0.3 is 34.7 Å². The topological polar surface area (TPSA) is 171 Å². The van der Waals surface area contributed by atoms with Crippen LogP contribution in [0.4, 0.5) is 11.8 Å². The molecule has 5 heterocycles. The summed E-state index contributed by atoms with van der Waals surface area (Å²) in [6.07, 6.45) is 7.73. The van der Waals surface area contributed by atoms with Crippen molar-refractivity contribution in [3.05, 3.63) is 67.0 Å². The Balaban J connectivity index is 1.19. The fourth-order valence-electron chi connectivity index (χ4n) is 4.14. The Morgan fingerprint density at radius 2 is 1.79 bits per heavy atom. The van der Waals surface area contributed by atoms with Crippen molar-refractivity contribution in [3.8, 4) is 34.4 Å². The number of amides is 1. The molecule has 5 aromatic rings. The zero-order valence-electron chi connectivity index (χ0n) is 22.7. The molecule has 6 rings (SSSR count). The van der Waals surface area contributed by atoms with Crippen molar-refractivity contribution >= 4 is 28.6 Å². The lowest BCUT2D eigenvalue weighted by molar-refractivity contribution is -0.0509. The lowest BCUT2D eigenvalue weighted by atomic mass is 10.1. The summed E-state index contributed by atoms with van der Waals surface area (Å²) in [5, 5.41) is 7.90. The maximum absolute atomic E-state index is 13.3. The monoisotopic (exact) mass is 570 g/mol. The molecule has 1 fully saturated rings. The average Bonchev–Trinajstić information content (AvgIpc) is 3.41. The van der Waals surface area contributed by atoms with Gasteiger partial charge in [0.25, 0.3) is 5.91 Å². The molecule has 1 aliphatic heterocycles. The first-order chi connectivity index (χ1) is 20.5. The molecule has 3 N–H and O–H groups in total. The van der Waals surface area contributed by atoms with Gasteiger partial charge in [-0.05, 0) is 24.3 Å². The second-order valence-corrected chi connectivity index (χ2v) is 9.27. The van der Waals surface area contributed by atoms with Crippen LogP contribution >= 0.6 is 0 Å². The number of anilines is 2. The molecule has 42 heavy (non-hydrogen) atoms. The summed E-state index contributed by atoms with van der Waals surface area (Å²) in [5.41, 5.74) is 6.86. The van der Waals surface area contributed by atoms with Gasteiger partial charge in [0.2, 0.25) is 5.95 Å². The molecule has 1 amide bonds. The first-order valence-electron chi connectivity index (χ1n) is 12.8. The van der Waals surface area contributed by atoms with Crippen LogP contribution in [0.3, 0.4) is 0 Å². The van der Waals surface area contributed by atoms with E-state index in [-0.39, 0.29) is 17.6 Å². The molecule has 0 aliphatic carbocycles. The van der Waals surface area contributed by atoms with Gasteiger partial charge in [-0.2, -0.15) is 5.10 Å². The quantitative estimate of drug-likeness (QED) is 0.251. The smallest absolute Gasteiger partial charge is 0.281 e. The van der Waals surface area contributed by atoms with E-state index in [4.69, 9.17) is 29.4 Å². The van der Waals surface area contributed by atoms with Crippen molar-refractivity contribution in [1.82, 2.24) is 29.7 Å². The summed E-state index contributed by atoms with van der Waals surface area (Å²) >= 11 is 0. The minimum atomic E-state index is -0.507. The van der Waals surface area contributed by atoms with Crippen molar-refractivity contribution in [3.63, 3.8) is 0 Å². The predicted octanol–water partition coefficient (Wildman–Crippen LogP) is 3.27. The van der Waals surface area contributed by atoms with E-state index < -0.39 is 5.91 Å². The lowest BCUT2D eigenvalue weighted by Crippen LogP contribution is -2.32. The van der Waals surface area contributed by atoms with Crippen LogP contribution in [0.15, 0.2) is 61.3 Å². The summed E-state index contributed by atoms with van der Waals surface area (Å²) < 4.78 is 29.5. The van der Waals surface area contributed by atoms with Crippen LogP contribution in [0.1, 0.15) is 10.5 Å². The second kappa shape index (κ2) is 11.5. The molecule has 0 spiro atoms. The van der Waals surface area contributed by atoms with Gasteiger partial charge in [-0.1, -0.05) is 0 Å². The molecule has 214 valence electrons. The summed E-state index contributed by atoms with van der Waals surface area (Å²) in [4.78, 5) is 30.0. The second-order valence-electron chi connectivity index (χ2n) is 9.27. The van der Waals surface area contributed by atoms with Crippen molar-refractivity contribution < 1.29 is 28.5 Å². The third-order valence-corrected chi connectivity index (χ3v) is 6.41. The van der Waals surface area contributed by atoms with E-state index in [1.807, 2.05) is 0 Å². The Hall–Kier alpha value is -5.50. The number of ether oxygens (including phenoxy) is 5. The number of nitrogen functional groups attached to an aromatic ring is 1. The van der Waals surface area contributed by atoms with E-state index >= 15 is 0 Å². The van der Waals surface area contributed by atoms with Crippen molar-refractivity contribution in [1.29, 1.82) is 0 Å². The Morgan fingerprint density at radius 3 is 2.48 bits per heavy atom. The van der Waals surface area contributed by atoms with E-state index in [0.29, 0.717) is 65.6 Å². The molecule has 0 unspecified atom stereocenters. The van der Waals surface area contributed by atoms with Crippen LogP contribution in [-0.2, 0) is 4.74 Å². The highest BCUT2D eigenvalue weighted by molar-refractivity contribution is 6.04. The first kappa shape index (κ1) is 26.7. The molecule has 0 atom stereocenters. The molecule has 4 aromatic heterocycles. The Labute approximate surface area is 239 Å². The summed E-state index contributed by atoms with van der Waals surface area (Å²) in [5.74, 6) is 2.58. The van der Waals surface area contributed by atoms with Gasteiger partial charge in [0, 0.05) is 23.6 Å². The average molecular weight is 571 g/mol. The predicted molar refractivity (Wildman–Crippen MR) is 150 cm³/mol. The third-order valence-electron chi connectivity index (χ3n) is 6.41. The van der Waals surface area contributed by atoms with Crippen LogP contribution in [0.25, 0.3) is 16.6 Å². The Kier molecular flexibility index (Phi) is 7.34. The van der Waals surface area contributed by atoms with Crippen LogP contribution in [0.5, 0.6) is 28.7 Å². The number of methoxy groups -OCH3 is 2. The fourth-order valence-corrected chi connectivity index (χ4v) is 4.14.